The number of likely N-dealkylation sites (tertiary alicyclic amines) is 1. The molecule has 0 amide bonds. The molecule has 1 fully saturated rings. The summed E-state index contributed by atoms with van der Waals surface area (Å²) in [6.07, 6.45) is -3.78. The highest BCUT2D eigenvalue weighted by molar-refractivity contribution is 9.10. The first-order valence-electron chi connectivity index (χ1n) is 6.62. The van der Waals surface area contributed by atoms with E-state index in [0.29, 0.717) is 24.0 Å². The Balaban J connectivity index is 2.49. The molecule has 0 bridgehead atoms. The third-order valence-corrected chi connectivity index (χ3v) is 4.58. The lowest BCUT2D eigenvalue weighted by atomic mass is 9.95. The normalized spacial score (nSPS) is 23.6. The van der Waals surface area contributed by atoms with Gasteiger partial charge in [0.1, 0.15) is 5.75 Å². The van der Waals surface area contributed by atoms with Crippen molar-refractivity contribution in [2.24, 2.45) is 11.7 Å². The van der Waals surface area contributed by atoms with E-state index in [0.717, 1.165) is 6.07 Å². The SMILES string of the molecule is COc1cc(C(F)(F)F)c(C2CC(CN)CN2C)cc1Br. The van der Waals surface area contributed by atoms with E-state index in [4.69, 9.17) is 10.5 Å². The average molecular weight is 367 g/mol. The van der Waals surface area contributed by atoms with Crippen molar-refractivity contribution >= 4 is 15.9 Å². The van der Waals surface area contributed by atoms with Crippen molar-refractivity contribution in [3.05, 3.63) is 27.7 Å². The molecule has 7 heteroatoms. The van der Waals surface area contributed by atoms with E-state index < -0.39 is 11.7 Å². The lowest BCUT2D eigenvalue weighted by Gasteiger charge is -2.24. The van der Waals surface area contributed by atoms with Crippen molar-refractivity contribution < 1.29 is 17.9 Å². The van der Waals surface area contributed by atoms with Gasteiger partial charge in [0, 0.05) is 12.6 Å². The van der Waals surface area contributed by atoms with Crippen molar-refractivity contribution in [1.82, 2.24) is 4.90 Å². The molecule has 2 unspecified atom stereocenters. The smallest absolute Gasteiger partial charge is 0.416 e. The number of rotatable bonds is 3. The molecule has 1 aliphatic heterocycles. The molecule has 1 aromatic rings. The van der Waals surface area contributed by atoms with Crippen LogP contribution < -0.4 is 10.5 Å². The molecule has 1 aromatic carbocycles. The molecule has 1 heterocycles. The predicted octanol–water partition coefficient (Wildman–Crippen LogP) is 3.43. The molecule has 21 heavy (non-hydrogen) atoms. The van der Waals surface area contributed by atoms with Crippen LogP contribution in [0.5, 0.6) is 5.75 Å². The first-order valence-corrected chi connectivity index (χ1v) is 7.42. The van der Waals surface area contributed by atoms with Crippen LogP contribution in [0.2, 0.25) is 0 Å². The third kappa shape index (κ3) is 3.35. The number of hydrogen-bond donors (Lipinski definition) is 1. The molecule has 118 valence electrons. The van der Waals surface area contributed by atoms with Crippen LogP contribution in [0.15, 0.2) is 16.6 Å². The van der Waals surface area contributed by atoms with Crippen LogP contribution in [0.4, 0.5) is 13.2 Å². The summed E-state index contributed by atoms with van der Waals surface area (Å²) < 4.78 is 45.5. The zero-order valence-corrected chi connectivity index (χ0v) is 13.5. The topological polar surface area (TPSA) is 38.5 Å². The molecular formula is C14H18BrF3N2O. The maximum absolute atomic E-state index is 13.3. The molecule has 0 spiro atoms. The minimum atomic E-state index is -4.41. The minimum absolute atomic E-state index is 0.182. The molecule has 2 atom stereocenters. The number of methoxy groups -OCH3 is 1. The maximum atomic E-state index is 13.3. The number of nitrogens with two attached hydrogens (primary N) is 1. The molecule has 3 nitrogen and oxygen atoms in total. The van der Waals surface area contributed by atoms with Crippen molar-refractivity contribution in [1.29, 1.82) is 0 Å². The number of halogens is 4. The van der Waals surface area contributed by atoms with Crippen LogP contribution >= 0.6 is 15.9 Å². The Bertz CT molecular complexity index is 522. The molecule has 2 rings (SSSR count). The second-order valence-corrected chi connectivity index (χ2v) is 6.22. The van der Waals surface area contributed by atoms with Gasteiger partial charge in [-0.2, -0.15) is 13.2 Å². The zero-order chi connectivity index (χ0) is 15.8. The highest BCUT2D eigenvalue weighted by atomic mass is 79.9. The molecule has 0 radical (unpaired) electrons. The molecule has 0 aliphatic carbocycles. The van der Waals surface area contributed by atoms with Crippen molar-refractivity contribution in [2.75, 3.05) is 27.2 Å². The van der Waals surface area contributed by atoms with Crippen molar-refractivity contribution in [3.63, 3.8) is 0 Å². The third-order valence-electron chi connectivity index (χ3n) is 3.96. The highest BCUT2D eigenvalue weighted by Gasteiger charge is 2.39. The van der Waals surface area contributed by atoms with E-state index in [1.165, 1.54) is 13.2 Å². The van der Waals surface area contributed by atoms with Gasteiger partial charge in [-0.25, -0.2) is 0 Å². The van der Waals surface area contributed by atoms with E-state index in [2.05, 4.69) is 15.9 Å². The number of ether oxygens (including phenoxy) is 1. The van der Waals surface area contributed by atoms with Crippen LogP contribution in [0, 0.1) is 5.92 Å². The summed E-state index contributed by atoms with van der Waals surface area (Å²) >= 11 is 3.27. The summed E-state index contributed by atoms with van der Waals surface area (Å²) in [7, 11) is 3.19. The Kier molecular flexibility index (Phi) is 4.85. The van der Waals surface area contributed by atoms with Gasteiger partial charge >= 0.3 is 6.18 Å². The van der Waals surface area contributed by atoms with Gasteiger partial charge in [-0.05, 0) is 59.6 Å². The first-order chi connectivity index (χ1) is 9.77. The number of nitrogens with zero attached hydrogens (tertiary/aromatic N) is 1. The van der Waals surface area contributed by atoms with E-state index in [1.54, 1.807) is 0 Å². The Labute approximate surface area is 130 Å². The average Bonchev–Trinajstić information content (AvgIpc) is 2.78. The van der Waals surface area contributed by atoms with Crippen LogP contribution in [0.1, 0.15) is 23.6 Å². The van der Waals surface area contributed by atoms with E-state index >= 15 is 0 Å². The summed E-state index contributed by atoms with van der Waals surface area (Å²) in [6, 6.07) is 2.29. The van der Waals surface area contributed by atoms with Gasteiger partial charge in [-0.3, -0.25) is 4.90 Å². The van der Waals surface area contributed by atoms with Gasteiger partial charge in [0.25, 0.3) is 0 Å². The van der Waals surface area contributed by atoms with E-state index in [1.807, 2.05) is 11.9 Å². The Morgan fingerprint density at radius 1 is 1.43 bits per heavy atom. The van der Waals surface area contributed by atoms with Crippen molar-refractivity contribution in [3.8, 4) is 5.75 Å². The minimum Gasteiger partial charge on any atom is -0.496 e. The van der Waals surface area contributed by atoms with Gasteiger partial charge in [0.15, 0.2) is 0 Å². The van der Waals surface area contributed by atoms with Crippen LogP contribution in [-0.4, -0.2) is 32.1 Å². The highest BCUT2D eigenvalue weighted by Crippen LogP contribution is 2.44. The second kappa shape index (κ2) is 6.14. The first kappa shape index (κ1) is 16.6. The fourth-order valence-electron chi connectivity index (χ4n) is 2.89. The monoisotopic (exact) mass is 366 g/mol. The van der Waals surface area contributed by atoms with Crippen LogP contribution in [0.3, 0.4) is 0 Å². The Hall–Kier alpha value is -0.790. The van der Waals surface area contributed by atoms with Gasteiger partial charge in [-0.1, -0.05) is 0 Å². The van der Waals surface area contributed by atoms with Gasteiger partial charge < -0.3 is 10.5 Å². The summed E-state index contributed by atoms with van der Waals surface area (Å²) in [4.78, 5) is 1.93. The largest absolute Gasteiger partial charge is 0.496 e. The predicted molar refractivity (Wildman–Crippen MR) is 78.2 cm³/mol. The van der Waals surface area contributed by atoms with Gasteiger partial charge in [-0.15, -0.1) is 0 Å². The quantitative estimate of drug-likeness (QED) is 0.890. The molecule has 1 saturated heterocycles. The molecular weight excluding hydrogens is 349 g/mol. The lowest BCUT2D eigenvalue weighted by molar-refractivity contribution is -0.138. The van der Waals surface area contributed by atoms with Gasteiger partial charge in [0.2, 0.25) is 0 Å². The van der Waals surface area contributed by atoms with E-state index in [-0.39, 0.29) is 23.3 Å². The second-order valence-electron chi connectivity index (χ2n) is 5.36. The van der Waals surface area contributed by atoms with Crippen LogP contribution in [0.25, 0.3) is 0 Å². The number of benzene rings is 1. The van der Waals surface area contributed by atoms with Gasteiger partial charge in [0.05, 0.1) is 17.1 Å². The summed E-state index contributed by atoms with van der Waals surface area (Å²) in [5.41, 5.74) is 5.29. The molecule has 2 N–H and O–H groups in total. The number of hydrogen-bond acceptors (Lipinski definition) is 3. The zero-order valence-electron chi connectivity index (χ0n) is 11.9. The summed E-state index contributed by atoms with van der Waals surface area (Å²) in [5.74, 6) is 0.407. The maximum Gasteiger partial charge on any atom is 0.416 e. The fraction of sp³-hybridized carbons (Fsp3) is 0.571. The standard InChI is InChI=1S/C14H18BrF3N2O/c1-20-7-8(6-19)3-12(20)9-4-11(15)13(21-2)5-10(9)14(16,17)18/h4-5,8,12H,3,6-7,19H2,1-2H3. The van der Waals surface area contributed by atoms with E-state index in [9.17, 15) is 13.2 Å². The molecule has 1 aliphatic rings. The molecule has 0 aromatic heterocycles. The van der Waals surface area contributed by atoms with Crippen molar-refractivity contribution in [2.45, 2.75) is 18.6 Å². The molecule has 0 saturated carbocycles. The van der Waals surface area contributed by atoms with Crippen LogP contribution in [-0.2, 0) is 6.18 Å². The Morgan fingerprint density at radius 3 is 2.57 bits per heavy atom. The fourth-order valence-corrected chi connectivity index (χ4v) is 3.41. The summed E-state index contributed by atoms with van der Waals surface area (Å²) in [6.45, 7) is 1.20. The lowest BCUT2D eigenvalue weighted by Crippen LogP contribution is -2.22. The Morgan fingerprint density at radius 2 is 2.10 bits per heavy atom. The summed E-state index contributed by atoms with van der Waals surface area (Å²) in [5, 5.41) is 0. The number of alkyl halides is 3.